The molecule has 0 heterocycles. The van der Waals surface area contributed by atoms with E-state index in [2.05, 4.69) is 26.7 Å². The number of nitrogen functional groups attached to an aromatic ring is 1. The molecule has 0 spiro atoms. The molecule has 0 saturated carbocycles. The molecule has 2 aromatic carbocycles. The highest BCUT2D eigenvalue weighted by atomic mass is 79.9. The van der Waals surface area contributed by atoms with Crippen molar-refractivity contribution in [2.45, 2.75) is 0 Å². The SMILES string of the molecule is NNc1cccc(Nc2ccc(Br)c(Cl)c2Cl)c1[N+](=O)[O-]. The monoisotopic (exact) mass is 390 g/mol. The molecule has 0 atom stereocenters. The Morgan fingerprint density at radius 2 is 1.76 bits per heavy atom. The van der Waals surface area contributed by atoms with Gasteiger partial charge in [-0.1, -0.05) is 29.3 Å². The van der Waals surface area contributed by atoms with Crippen molar-refractivity contribution in [3.05, 3.63) is 55.0 Å². The van der Waals surface area contributed by atoms with Gasteiger partial charge in [0.1, 0.15) is 11.4 Å². The summed E-state index contributed by atoms with van der Waals surface area (Å²) in [5.41, 5.74) is 2.98. The Labute approximate surface area is 138 Å². The summed E-state index contributed by atoms with van der Waals surface area (Å²) in [6, 6.07) is 8.02. The van der Waals surface area contributed by atoms with Gasteiger partial charge in [-0.05, 0) is 40.2 Å². The molecule has 2 aromatic rings. The van der Waals surface area contributed by atoms with Gasteiger partial charge in [-0.15, -0.1) is 0 Å². The molecular weight excluding hydrogens is 383 g/mol. The number of para-hydroxylation sites is 1. The largest absolute Gasteiger partial charge is 0.349 e. The summed E-state index contributed by atoms with van der Waals surface area (Å²) in [6.45, 7) is 0. The summed E-state index contributed by atoms with van der Waals surface area (Å²) in [5.74, 6) is 5.29. The van der Waals surface area contributed by atoms with E-state index in [1.54, 1.807) is 24.3 Å². The van der Waals surface area contributed by atoms with Crippen molar-refractivity contribution in [2.24, 2.45) is 5.84 Å². The Balaban J connectivity index is 2.50. The van der Waals surface area contributed by atoms with Crippen LogP contribution in [0.1, 0.15) is 0 Å². The second kappa shape index (κ2) is 6.48. The lowest BCUT2D eigenvalue weighted by Crippen LogP contribution is -2.10. The first-order chi connectivity index (χ1) is 9.95. The second-order valence-corrected chi connectivity index (χ2v) is 5.56. The number of nitrogens with two attached hydrogens (primary N) is 1. The Morgan fingerprint density at radius 1 is 1.10 bits per heavy atom. The van der Waals surface area contributed by atoms with Crippen LogP contribution in [0.3, 0.4) is 0 Å². The fourth-order valence-corrected chi connectivity index (χ4v) is 2.55. The quantitative estimate of drug-likeness (QED) is 0.304. The van der Waals surface area contributed by atoms with Gasteiger partial charge in [-0.2, -0.15) is 0 Å². The maximum absolute atomic E-state index is 11.2. The van der Waals surface area contributed by atoms with Gasteiger partial charge in [-0.25, -0.2) is 0 Å². The third kappa shape index (κ3) is 3.21. The first-order valence-electron chi connectivity index (χ1n) is 5.60. The number of halogens is 3. The second-order valence-electron chi connectivity index (χ2n) is 3.95. The molecule has 0 aliphatic carbocycles. The minimum atomic E-state index is -0.536. The fourth-order valence-electron chi connectivity index (χ4n) is 1.73. The van der Waals surface area contributed by atoms with Crippen molar-refractivity contribution in [1.82, 2.24) is 0 Å². The maximum atomic E-state index is 11.2. The standard InChI is InChI=1S/C12H9BrCl2N4O2/c13-6-4-5-7(11(15)10(6)14)17-8-2-1-3-9(18-16)12(8)19(20)21/h1-5,17-18H,16H2. The van der Waals surface area contributed by atoms with E-state index >= 15 is 0 Å². The number of nitro groups is 1. The van der Waals surface area contributed by atoms with Crippen molar-refractivity contribution < 1.29 is 4.92 Å². The fraction of sp³-hybridized carbons (Fsp3) is 0. The normalized spacial score (nSPS) is 10.3. The smallest absolute Gasteiger partial charge is 0.316 e. The summed E-state index contributed by atoms with van der Waals surface area (Å²) >= 11 is 15.4. The lowest BCUT2D eigenvalue weighted by atomic mass is 10.2. The van der Waals surface area contributed by atoms with Crippen LogP contribution in [0.4, 0.5) is 22.7 Å². The van der Waals surface area contributed by atoms with E-state index in [-0.39, 0.29) is 22.1 Å². The summed E-state index contributed by atoms with van der Waals surface area (Å²) in [6.07, 6.45) is 0. The van der Waals surface area contributed by atoms with E-state index in [9.17, 15) is 10.1 Å². The molecule has 0 aliphatic heterocycles. The van der Waals surface area contributed by atoms with E-state index in [0.717, 1.165) is 0 Å². The number of benzene rings is 2. The summed E-state index contributed by atoms with van der Waals surface area (Å²) < 4.78 is 0.631. The molecule has 0 bridgehead atoms. The van der Waals surface area contributed by atoms with Gasteiger partial charge in [-0.3, -0.25) is 16.0 Å². The number of hydrogen-bond donors (Lipinski definition) is 3. The van der Waals surface area contributed by atoms with Gasteiger partial charge in [0.15, 0.2) is 0 Å². The molecule has 4 N–H and O–H groups in total. The third-order valence-electron chi connectivity index (χ3n) is 2.68. The van der Waals surface area contributed by atoms with Gasteiger partial charge in [0.25, 0.3) is 0 Å². The summed E-state index contributed by atoms with van der Waals surface area (Å²) in [7, 11) is 0. The van der Waals surface area contributed by atoms with E-state index in [1.165, 1.54) is 6.07 Å². The van der Waals surface area contributed by atoms with Gasteiger partial charge in [0.2, 0.25) is 0 Å². The molecule has 110 valence electrons. The van der Waals surface area contributed by atoms with Crippen molar-refractivity contribution in [3.8, 4) is 0 Å². The topological polar surface area (TPSA) is 93.2 Å². The molecule has 0 aliphatic rings. The van der Waals surface area contributed by atoms with E-state index < -0.39 is 4.92 Å². The van der Waals surface area contributed by atoms with Crippen LogP contribution in [0, 0.1) is 10.1 Å². The van der Waals surface area contributed by atoms with Crippen molar-refractivity contribution in [1.29, 1.82) is 0 Å². The average molecular weight is 392 g/mol. The number of nitrogens with zero attached hydrogens (tertiary/aromatic N) is 1. The van der Waals surface area contributed by atoms with Crippen LogP contribution >= 0.6 is 39.1 Å². The molecule has 0 unspecified atom stereocenters. The van der Waals surface area contributed by atoms with E-state index in [0.29, 0.717) is 15.2 Å². The first kappa shape index (κ1) is 15.8. The number of anilines is 3. The van der Waals surface area contributed by atoms with Crippen LogP contribution in [-0.4, -0.2) is 4.92 Å². The van der Waals surface area contributed by atoms with Gasteiger partial charge >= 0.3 is 5.69 Å². The molecule has 9 heteroatoms. The highest BCUT2D eigenvalue weighted by Gasteiger charge is 2.20. The van der Waals surface area contributed by atoms with E-state index in [1.807, 2.05) is 0 Å². The van der Waals surface area contributed by atoms with Gasteiger partial charge in [0, 0.05) is 4.47 Å². The Morgan fingerprint density at radius 3 is 2.38 bits per heavy atom. The van der Waals surface area contributed by atoms with Crippen LogP contribution in [0.5, 0.6) is 0 Å². The molecule has 6 nitrogen and oxygen atoms in total. The zero-order chi connectivity index (χ0) is 15.6. The third-order valence-corrected chi connectivity index (χ3v) is 4.45. The number of hydrazine groups is 1. The Hall–Kier alpha value is -1.54. The van der Waals surface area contributed by atoms with Crippen LogP contribution in [-0.2, 0) is 0 Å². The number of nitro benzene ring substituents is 1. The molecule has 0 saturated heterocycles. The predicted molar refractivity (Wildman–Crippen MR) is 88.4 cm³/mol. The molecule has 21 heavy (non-hydrogen) atoms. The summed E-state index contributed by atoms with van der Waals surface area (Å²) in [5, 5.41) is 14.7. The van der Waals surface area contributed by atoms with Crippen LogP contribution in [0.15, 0.2) is 34.8 Å². The lowest BCUT2D eigenvalue weighted by Gasteiger charge is -2.12. The number of hydrogen-bond acceptors (Lipinski definition) is 5. The van der Waals surface area contributed by atoms with Crippen molar-refractivity contribution >= 4 is 61.9 Å². The molecular formula is C12H9BrCl2N4O2. The average Bonchev–Trinajstić information content (AvgIpc) is 2.47. The molecule has 0 aromatic heterocycles. The highest BCUT2D eigenvalue weighted by Crippen LogP contribution is 2.40. The number of rotatable bonds is 4. The number of nitrogens with one attached hydrogen (secondary N) is 2. The molecule has 2 rings (SSSR count). The molecule has 0 fully saturated rings. The van der Waals surface area contributed by atoms with E-state index in [4.69, 9.17) is 29.0 Å². The minimum Gasteiger partial charge on any atom is -0.349 e. The maximum Gasteiger partial charge on any atom is 0.316 e. The van der Waals surface area contributed by atoms with Crippen LogP contribution < -0.4 is 16.6 Å². The highest BCUT2D eigenvalue weighted by molar-refractivity contribution is 9.10. The van der Waals surface area contributed by atoms with Crippen LogP contribution in [0.2, 0.25) is 10.0 Å². The zero-order valence-electron chi connectivity index (χ0n) is 10.4. The first-order valence-corrected chi connectivity index (χ1v) is 7.15. The minimum absolute atomic E-state index is 0.185. The Bertz CT molecular complexity index is 712. The van der Waals surface area contributed by atoms with Crippen molar-refractivity contribution in [2.75, 3.05) is 10.7 Å². The predicted octanol–water partition coefficient (Wildman–Crippen LogP) is 4.69. The Kier molecular flexibility index (Phi) is 4.89. The van der Waals surface area contributed by atoms with Crippen LogP contribution in [0.25, 0.3) is 0 Å². The molecule has 0 radical (unpaired) electrons. The van der Waals surface area contributed by atoms with Gasteiger partial charge < -0.3 is 10.7 Å². The van der Waals surface area contributed by atoms with Gasteiger partial charge in [0.05, 0.1) is 20.7 Å². The molecule has 0 amide bonds. The zero-order valence-corrected chi connectivity index (χ0v) is 13.5. The summed E-state index contributed by atoms with van der Waals surface area (Å²) in [4.78, 5) is 10.7. The van der Waals surface area contributed by atoms with Crippen molar-refractivity contribution in [3.63, 3.8) is 0 Å². The lowest BCUT2D eigenvalue weighted by molar-refractivity contribution is -0.383.